The molecule has 2 rings (SSSR count). The van der Waals surface area contributed by atoms with Crippen molar-refractivity contribution in [3.05, 3.63) is 0 Å². The Hall–Kier alpha value is -1.30. The van der Waals surface area contributed by atoms with Crippen LogP contribution >= 0.6 is 0 Å². The fourth-order valence-corrected chi connectivity index (χ4v) is 3.73. The van der Waals surface area contributed by atoms with Crippen LogP contribution in [0.5, 0.6) is 0 Å². The van der Waals surface area contributed by atoms with Gasteiger partial charge in [-0.2, -0.15) is 0 Å². The fraction of sp³-hybridized carbons (Fsp3) is 0.857. The molecule has 0 spiro atoms. The topological polar surface area (TPSA) is 82.2 Å². The Bertz CT molecular complexity index is 404. The third kappa shape index (κ3) is 2.61. The number of amides is 1. The van der Waals surface area contributed by atoms with Crippen molar-refractivity contribution in [2.24, 2.45) is 28.1 Å². The number of carbonyl (C=O) groups excluding carboxylic acids is 1. The number of carbonyl (C=O) groups is 1. The molecule has 1 heterocycles. The summed E-state index contributed by atoms with van der Waals surface area (Å²) in [5.41, 5.74) is 5.02. The molecule has 1 amide bonds. The average Bonchev–Trinajstić information content (AvgIpc) is 2.78. The number of oxime groups is 1. The van der Waals surface area contributed by atoms with Crippen molar-refractivity contribution in [3.63, 3.8) is 0 Å². The van der Waals surface area contributed by atoms with Crippen LogP contribution in [0.15, 0.2) is 5.16 Å². The van der Waals surface area contributed by atoms with E-state index in [1.807, 2.05) is 7.05 Å². The molecule has 1 unspecified atom stereocenters. The lowest BCUT2D eigenvalue weighted by molar-refractivity contribution is -0.143. The Morgan fingerprint density at radius 2 is 2.20 bits per heavy atom. The number of nitrogens with two attached hydrogens (primary N) is 1. The predicted octanol–water partition coefficient (Wildman–Crippen LogP) is 0.559. The SMILES string of the molecule is CC1CC(C(=O)N(C)CC2CCN(C)C2)(C(N)=NO)C1. The zero-order valence-corrected chi connectivity index (χ0v) is 12.7. The Morgan fingerprint density at radius 3 is 2.65 bits per heavy atom. The Morgan fingerprint density at radius 1 is 1.55 bits per heavy atom. The molecule has 0 aromatic rings. The smallest absolute Gasteiger partial charge is 0.236 e. The van der Waals surface area contributed by atoms with Crippen LogP contribution in [-0.4, -0.2) is 60.5 Å². The highest BCUT2D eigenvalue weighted by Crippen LogP contribution is 2.47. The fourth-order valence-electron chi connectivity index (χ4n) is 3.73. The number of amidine groups is 1. The molecule has 1 aliphatic carbocycles. The number of rotatable bonds is 4. The minimum Gasteiger partial charge on any atom is -0.409 e. The van der Waals surface area contributed by atoms with Crippen LogP contribution < -0.4 is 5.73 Å². The Labute approximate surface area is 120 Å². The number of nitrogens with zero attached hydrogens (tertiary/aromatic N) is 3. The summed E-state index contributed by atoms with van der Waals surface area (Å²) in [7, 11) is 3.93. The van der Waals surface area contributed by atoms with E-state index in [4.69, 9.17) is 10.9 Å². The van der Waals surface area contributed by atoms with Crippen LogP contribution in [0.4, 0.5) is 0 Å². The van der Waals surface area contributed by atoms with E-state index in [2.05, 4.69) is 24.0 Å². The molecular formula is C14H26N4O2. The molecule has 1 aliphatic heterocycles. The zero-order chi connectivity index (χ0) is 14.9. The average molecular weight is 282 g/mol. The van der Waals surface area contributed by atoms with Gasteiger partial charge in [-0.15, -0.1) is 0 Å². The van der Waals surface area contributed by atoms with Crippen molar-refractivity contribution in [1.29, 1.82) is 0 Å². The van der Waals surface area contributed by atoms with Gasteiger partial charge in [0.25, 0.3) is 0 Å². The van der Waals surface area contributed by atoms with Crippen LogP contribution in [0.2, 0.25) is 0 Å². The molecule has 114 valence electrons. The molecule has 1 saturated heterocycles. The Kier molecular flexibility index (Phi) is 4.22. The van der Waals surface area contributed by atoms with E-state index in [1.54, 1.807) is 4.90 Å². The first kappa shape index (κ1) is 15.1. The molecule has 6 nitrogen and oxygen atoms in total. The predicted molar refractivity (Wildman–Crippen MR) is 77.5 cm³/mol. The van der Waals surface area contributed by atoms with Crippen molar-refractivity contribution in [2.75, 3.05) is 33.7 Å². The zero-order valence-electron chi connectivity index (χ0n) is 12.7. The molecule has 6 heteroatoms. The second kappa shape index (κ2) is 5.60. The van der Waals surface area contributed by atoms with E-state index >= 15 is 0 Å². The quantitative estimate of drug-likeness (QED) is 0.342. The molecule has 0 bridgehead atoms. The first-order chi connectivity index (χ1) is 9.39. The molecule has 20 heavy (non-hydrogen) atoms. The maximum atomic E-state index is 12.7. The van der Waals surface area contributed by atoms with Crippen LogP contribution in [0.3, 0.4) is 0 Å². The van der Waals surface area contributed by atoms with Gasteiger partial charge in [0.2, 0.25) is 5.91 Å². The van der Waals surface area contributed by atoms with Gasteiger partial charge in [0.1, 0.15) is 5.41 Å². The van der Waals surface area contributed by atoms with Gasteiger partial charge in [-0.05, 0) is 44.7 Å². The summed E-state index contributed by atoms with van der Waals surface area (Å²) in [5, 5.41) is 12.1. The molecule has 1 atom stereocenters. The first-order valence-electron chi connectivity index (χ1n) is 7.31. The lowest BCUT2D eigenvalue weighted by Crippen LogP contribution is -2.57. The summed E-state index contributed by atoms with van der Waals surface area (Å²) in [6.07, 6.45) is 2.48. The third-order valence-electron chi connectivity index (χ3n) is 4.77. The highest BCUT2D eigenvalue weighted by molar-refractivity contribution is 6.07. The van der Waals surface area contributed by atoms with Gasteiger partial charge in [0, 0.05) is 20.1 Å². The molecule has 0 aromatic carbocycles. The highest BCUT2D eigenvalue weighted by Gasteiger charge is 2.53. The minimum absolute atomic E-state index is 0.000420. The number of hydrogen-bond donors (Lipinski definition) is 2. The van der Waals surface area contributed by atoms with Crippen molar-refractivity contribution in [3.8, 4) is 0 Å². The van der Waals surface area contributed by atoms with E-state index in [1.165, 1.54) is 0 Å². The second-order valence-corrected chi connectivity index (χ2v) is 6.68. The summed E-state index contributed by atoms with van der Waals surface area (Å²) in [5.74, 6) is 1.04. The number of likely N-dealkylation sites (tertiary alicyclic amines) is 1. The van der Waals surface area contributed by atoms with Crippen molar-refractivity contribution in [1.82, 2.24) is 9.80 Å². The monoisotopic (exact) mass is 282 g/mol. The van der Waals surface area contributed by atoms with Gasteiger partial charge in [-0.1, -0.05) is 12.1 Å². The maximum Gasteiger partial charge on any atom is 0.236 e. The molecule has 2 aliphatic rings. The van der Waals surface area contributed by atoms with E-state index in [0.29, 0.717) is 24.7 Å². The van der Waals surface area contributed by atoms with Crippen molar-refractivity contribution < 1.29 is 10.0 Å². The lowest BCUT2D eigenvalue weighted by atomic mass is 9.61. The van der Waals surface area contributed by atoms with Crippen molar-refractivity contribution >= 4 is 11.7 Å². The Balaban J connectivity index is 2.01. The second-order valence-electron chi connectivity index (χ2n) is 6.68. The summed E-state index contributed by atoms with van der Waals surface area (Å²) in [6, 6.07) is 0. The molecule has 0 aromatic heterocycles. The lowest BCUT2D eigenvalue weighted by Gasteiger charge is -2.45. The maximum absolute atomic E-state index is 12.7. The number of hydrogen-bond acceptors (Lipinski definition) is 4. The van der Waals surface area contributed by atoms with Gasteiger partial charge in [-0.3, -0.25) is 4.79 Å². The van der Waals surface area contributed by atoms with Crippen LogP contribution in [0.25, 0.3) is 0 Å². The van der Waals surface area contributed by atoms with Crippen molar-refractivity contribution in [2.45, 2.75) is 26.2 Å². The van der Waals surface area contributed by atoms with Crippen LogP contribution in [0, 0.1) is 17.3 Å². The van der Waals surface area contributed by atoms with Gasteiger partial charge in [-0.25, -0.2) is 0 Å². The minimum atomic E-state index is -0.770. The van der Waals surface area contributed by atoms with Gasteiger partial charge >= 0.3 is 0 Å². The van der Waals surface area contributed by atoms with Gasteiger partial charge in [0.15, 0.2) is 5.84 Å². The molecule has 2 fully saturated rings. The highest BCUT2D eigenvalue weighted by atomic mass is 16.4. The third-order valence-corrected chi connectivity index (χ3v) is 4.77. The summed E-state index contributed by atoms with van der Waals surface area (Å²) >= 11 is 0. The molecule has 0 radical (unpaired) electrons. The normalized spacial score (nSPS) is 34.9. The van der Waals surface area contributed by atoms with Crippen LogP contribution in [-0.2, 0) is 4.79 Å². The molecule has 3 N–H and O–H groups in total. The first-order valence-corrected chi connectivity index (χ1v) is 7.31. The van der Waals surface area contributed by atoms with Gasteiger partial charge in [0.05, 0.1) is 0 Å². The standard InChI is InChI=1S/C14H26N4O2/c1-10-6-14(7-10,12(15)16-20)13(19)18(3)9-11-4-5-17(2)8-11/h10-11,20H,4-9H2,1-3H3,(H2,15,16). The summed E-state index contributed by atoms with van der Waals surface area (Å²) < 4.78 is 0. The van der Waals surface area contributed by atoms with E-state index in [0.717, 1.165) is 26.1 Å². The van der Waals surface area contributed by atoms with E-state index in [9.17, 15) is 4.79 Å². The van der Waals surface area contributed by atoms with Gasteiger partial charge < -0.3 is 20.7 Å². The summed E-state index contributed by atoms with van der Waals surface area (Å²) in [4.78, 5) is 16.8. The van der Waals surface area contributed by atoms with Crippen LogP contribution in [0.1, 0.15) is 26.2 Å². The molecular weight excluding hydrogens is 256 g/mol. The molecule has 1 saturated carbocycles. The largest absolute Gasteiger partial charge is 0.409 e. The van der Waals surface area contributed by atoms with E-state index < -0.39 is 5.41 Å². The summed E-state index contributed by atoms with van der Waals surface area (Å²) in [6.45, 7) is 4.96. The van der Waals surface area contributed by atoms with E-state index in [-0.39, 0.29) is 11.7 Å².